The van der Waals surface area contributed by atoms with E-state index in [0.29, 0.717) is 12.5 Å². The molecule has 0 radical (unpaired) electrons. The van der Waals surface area contributed by atoms with Gasteiger partial charge < -0.3 is 10.8 Å². The second kappa shape index (κ2) is 5.68. The van der Waals surface area contributed by atoms with Crippen LogP contribution in [0.3, 0.4) is 0 Å². The Hall–Kier alpha value is -1.12. The summed E-state index contributed by atoms with van der Waals surface area (Å²) in [5, 5.41) is 10.4. The Balaban J connectivity index is 2.45. The molecule has 3 unspecified atom stereocenters. The highest BCUT2D eigenvalue weighted by molar-refractivity contribution is 5.31. The Morgan fingerprint density at radius 1 is 1.39 bits per heavy atom. The van der Waals surface area contributed by atoms with Crippen molar-refractivity contribution in [2.45, 2.75) is 37.7 Å². The van der Waals surface area contributed by atoms with Gasteiger partial charge in [-0.3, -0.25) is 0 Å². The third-order valence-corrected chi connectivity index (χ3v) is 4.31. The Morgan fingerprint density at radius 2 is 2.11 bits per heavy atom. The fourth-order valence-electron chi connectivity index (χ4n) is 3.19. The quantitative estimate of drug-likeness (QED) is 0.801. The second-order valence-corrected chi connectivity index (χ2v) is 5.25. The van der Waals surface area contributed by atoms with Crippen LogP contribution in [-0.4, -0.2) is 17.8 Å². The molecule has 2 nitrogen and oxygen atoms in total. The zero-order chi connectivity index (χ0) is 13.0. The van der Waals surface area contributed by atoms with Crippen molar-refractivity contribution in [1.29, 1.82) is 0 Å². The molecule has 1 aromatic carbocycles. The SMILES string of the molecule is CC(O)C(CN)(c1ccccc1)C1C=CCCC1. The standard InChI is InChI=1S/C16H23NO/c1-13(18)16(12-17,14-8-4-2-5-9-14)15-10-6-3-7-11-15/h2,4-6,8-10,13,15,18H,3,7,11-12,17H2,1H3. The van der Waals surface area contributed by atoms with E-state index in [4.69, 9.17) is 5.73 Å². The largest absolute Gasteiger partial charge is 0.392 e. The lowest BCUT2D eigenvalue weighted by molar-refractivity contribution is 0.0681. The van der Waals surface area contributed by atoms with Crippen LogP contribution in [-0.2, 0) is 5.41 Å². The summed E-state index contributed by atoms with van der Waals surface area (Å²) in [4.78, 5) is 0. The van der Waals surface area contributed by atoms with E-state index < -0.39 is 6.10 Å². The van der Waals surface area contributed by atoms with Gasteiger partial charge in [-0.25, -0.2) is 0 Å². The number of aliphatic hydroxyl groups is 1. The van der Waals surface area contributed by atoms with Crippen LogP contribution in [0.2, 0.25) is 0 Å². The molecule has 0 spiro atoms. The number of aliphatic hydroxyl groups excluding tert-OH is 1. The van der Waals surface area contributed by atoms with Crippen LogP contribution in [0.5, 0.6) is 0 Å². The molecule has 2 heteroatoms. The first-order valence-corrected chi connectivity index (χ1v) is 6.82. The highest BCUT2D eigenvalue weighted by atomic mass is 16.3. The van der Waals surface area contributed by atoms with Crippen molar-refractivity contribution in [3.05, 3.63) is 48.0 Å². The molecule has 98 valence electrons. The molecule has 0 heterocycles. The van der Waals surface area contributed by atoms with Crippen LogP contribution < -0.4 is 5.73 Å². The van der Waals surface area contributed by atoms with E-state index in [1.54, 1.807) is 0 Å². The van der Waals surface area contributed by atoms with Gasteiger partial charge in [0.15, 0.2) is 0 Å². The van der Waals surface area contributed by atoms with Gasteiger partial charge in [0.1, 0.15) is 0 Å². The summed E-state index contributed by atoms with van der Waals surface area (Å²) in [6.45, 7) is 2.34. The summed E-state index contributed by atoms with van der Waals surface area (Å²) in [6, 6.07) is 10.2. The summed E-state index contributed by atoms with van der Waals surface area (Å²) in [7, 11) is 0. The van der Waals surface area contributed by atoms with E-state index in [1.165, 1.54) is 6.42 Å². The molecule has 0 bridgehead atoms. The lowest BCUT2D eigenvalue weighted by Crippen LogP contribution is -2.50. The van der Waals surface area contributed by atoms with Crippen molar-refractivity contribution in [2.75, 3.05) is 6.54 Å². The maximum atomic E-state index is 10.4. The molecule has 1 aliphatic rings. The number of allylic oxidation sites excluding steroid dienone is 2. The molecule has 0 amide bonds. The maximum absolute atomic E-state index is 10.4. The van der Waals surface area contributed by atoms with E-state index in [1.807, 2.05) is 25.1 Å². The number of benzene rings is 1. The molecule has 0 fully saturated rings. The van der Waals surface area contributed by atoms with Gasteiger partial charge in [0.2, 0.25) is 0 Å². The number of nitrogens with two attached hydrogens (primary N) is 1. The minimum Gasteiger partial charge on any atom is -0.392 e. The number of hydrogen-bond donors (Lipinski definition) is 2. The summed E-state index contributed by atoms with van der Waals surface area (Å²) >= 11 is 0. The Kier molecular flexibility index (Phi) is 4.20. The molecule has 0 aliphatic heterocycles. The van der Waals surface area contributed by atoms with E-state index in [-0.39, 0.29) is 5.41 Å². The second-order valence-electron chi connectivity index (χ2n) is 5.25. The molecule has 3 N–H and O–H groups in total. The summed E-state index contributed by atoms with van der Waals surface area (Å²) in [5.74, 6) is 0.332. The van der Waals surface area contributed by atoms with Crippen molar-refractivity contribution in [1.82, 2.24) is 0 Å². The minimum absolute atomic E-state index is 0.332. The van der Waals surface area contributed by atoms with Gasteiger partial charge in [0.25, 0.3) is 0 Å². The molecule has 0 saturated carbocycles. The first kappa shape index (κ1) is 13.3. The molecule has 2 rings (SSSR count). The van der Waals surface area contributed by atoms with E-state index in [2.05, 4.69) is 24.3 Å². The highest BCUT2D eigenvalue weighted by Crippen LogP contribution is 2.40. The molecular weight excluding hydrogens is 222 g/mol. The van der Waals surface area contributed by atoms with Gasteiger partial charge in [0.05, 0.1) is 6.10 Å². The minimum atomic E-state index is -0.447. The lowest BCUT2D eigenvalue weighted by atomic mass is 9.64. The molecule has 1 aliphatic carbocycles. The van der Waals surface area contributed by atoms with Crippen LogP contribution in [0.1, 0.15) is 31.7 Å². The summed E-state index contributed by atoms with van der Waals surface area (Å²) < 4.78 is 0. The van der Waals surface area contributed by atoms with Gasteiger partial charge in [0, 0.05) is 12.0 Å². The smallest absolute Gasteiger partial charge is 0.0626 e. The van der Waals surface area contributed by atoms with E-state index in [9.17, 15) is 5.11 Å². The predicted octanol–water partition coefficient (Wildman–Crippen LogP) is 2.62. The zero-order valence-electron chi connectivity index (χ0n) is 11.0. The molecule has 0 saturated heterocycles. The van der Waals surface area contributed by atoms with Gasteiger partial charge in [-0.05, 0) is 37.7 Å². The third kappa shape index (κ3) is 2.23. The van der Waals surface area contributed by atoms with Crippen molar-refractivity contribution in [2.24, 2.45) is 11.7 Å². The Bertz CT molecular complexity index is 399. The maximum Gasteiger partial charge on any atom is 0.0626 e. The van der Waals surface area contributed by atoms with Crippen molar-refractivity contribution < 1.29 is 5.11 Å². The number of rotatable bonds is 4. The number of hydrogen-bond acceptors (Lipinski definition) is 2. The first-order chi connectivity index (χ1) is 8.71. The van der Waals surface area contributed by atoms with Crippen LogP contribution in [0, 0.1) is 5.92 Å². The zero-order valence-corrected chi connectivity index (χ0v) is 11.0. The van der Waals surface area contributed by atoms with Gasteiger partial charge in [-0.15, -0.1) is 0 Å². The van der Waals surface area contributed by atoms with Gasteiger partial charge >= 0.3 is 0 Å². The first-order valence-electron chi connectivity index (χ1n) is 6.82. The fraction of sp³-hybridized carbons (Fsp3) is 0.500. The normalized spacial score (nSPS) is 24.5. The average molecular weight is 245 g/mol. The van der Waals surface area contributed by atoms with Crippen LogP contribution in [0.25, 0.3) is 0 Å². The highest BCUT2D eigenvalue weighted by Gasteiger charge is 2.42. The van der Waals surface area contributed by atoms with Gasteiger partial charge in [-0.2, -0.15) is 0 Å². The van der Waals surface area contributed by atoms with Crippen LogP contribution in [0.4, 0.5) is 0 Å². The molecule has 0 aromatic heterocycles. The average Bonchev–Trinajstić information content (AvgIpc) is 2.42. The van der Waals surface area contributed by atoms with Gasteiger partial charge in [-0.1, -0.05) is 42.5 Å². The summed E-state index contributed by atoms with van der Waals surface area (Å²) in [6.07, 6.45) is 7.46. The predicted molar refractivity (Wildman–Crippen MR) is 75.3 cm³/mol. The van der Waals surface area contributed by atoms with E-state index >= 15 is 0 Å². The van der Waals surface area contributed by atoms with Crippen LogP contribution >= 0.6 is 0 Å². The molecular formula is C16H23NO. The topological polar surface area (TPSA) is 46.2 Å². The van der Waals surface area contributed by atoms with Crippen LogP contribution in [0.15, 0.2) is 42.5 Å². The monoisotopic (exact) mass is 245 g/mol. The van der Waals surface area contributed by atoms with Crippen molar-refractivity contribution in [3.63, 3.8) is 0 Å². The summed E-state index contributed by atoms with van der Waals surface area (Å²) in [5.41, 5.74) is 6.88. The Labute approximate surface area is 110 Å². The Morgan fingerprint density at radius 3 is 2.61 bits per heavy atom. The third-order valence-electron chi connectivity index (χ3n) is 4.31. The molecule has 3 atom stereocenters. The van der Waals surface area contributed by atoms with E-state index in [0.717, 1.165) is 18.4 Å². The fourth-order valence-corrected chi connectivity index (χ4v) is 3.19. The van der Waals surface area contributed by atoms with Crippen molar-refractivity contribution >= 4 is 0 Å². The molecule has 1 aromatic rings. The molecule has 18 heavy (non-hydrogen) atoms. The van der Waals surface area contributed by atoms with Crippen molar-refractivity contribution in [3.8, 4) is 0 Å². The lowest BCUT2D eigenvalue weighted by Gasteiger charge is -2.43.